The van der Waals surface area contributed by atoms with E-state index < -0.39 is 0 Å². The van der Waals surface area contributed by atoms with Gasteiger partial charge in [-0.2, -0.15) is 5.10 Å². The third-order valence-electron chi connectivity index (χ3n) is 5.44. The SMILES string of the molecule is CCc1ccc(/C=N/NC(=O)CSc2nnc(-c3ccc(OC)cc3)n2-c2ccc(OC)cc2)cc1. The first-order valence-electron chi connectivity index (χ1n) is 11.4. The number of hydrogen-bond donors (Lipinski definition) is 1. The summed E-state index contributed by atoms with van der Waals surface area (Å²) in [7, 11) is 3.25. The minimum atomic E-state index is -0.239. The van der Waals surface area contributed by atoms with Crippen molar-refractivity contribution >= 4 is 23.9 Å². The fourth-order valence-electron chi connectivity index (χ4n) is 3.44. The summed E-state index contributed by atoms with van der Waals surface area (Å²) in [5.41, 5.74) is 6.47. The van der Waals surface area contributed by atoms with Gasteiger partial charge in [-0.3, -0.25) is 9.36 Å². The minimum absolute atomic E-state index is 0.128. The average molecular weight is 502 g/mol. The zero-order valence-electron chi connectivity index (χ0n) is 20.3. The summed E-state index contributed by atoms with van der Waals surface area (Å²) in [6.45, 7) is 2.11. The van der Waals surface area contributed by atoms with Crippen LogP contribution in [0.1, 0.15) is 18.1 Å². The summed E-state index contributed by atoms with van der Waals surface area (Å²) >= 11 is 1.28. The molecule has 184 valence electrons. The molecular formula is C27H27N5O3S. The van der Waals surface area contributed by atoms with Gasteiger partial charge in [-0.1, -0.05) is 43.0 Å². The van der Waals surface area contributed by atoms with Crippen molar-refractivity contribution in [2.45, 2.75) is 18.5 Å². The molecule has 0 aliphatic heterocycles. The van der Waals surface area contributed by atoms with Gasteiger partial charge in [-0.25, -0.2) is 5.43 Å². The standard InChI is InChI=1S/C27H27N5O3S/c1-4-19-5-7-20(8-6-19)17-28-29-25(33)18-36-27-31-30-26(21-9-13-23(34-2)14-10-21)32(27)22-11-15-24(35-3)16-12-22/h5-17H,4,18H2,1-3H3,(H,29,33)/b28-17+. The van der Waals surface area contributed by atoms with Crippen LogP contribution < -0.4 is 14.9 Å². The number of nitrogens with zero attached hydrogens (tertiary/aromatic N) is 4. The summed E-state index contributed by atoms with van der Waals surface area (Å²) in [5, 5.41) is 13.4. The summed E-state index contributed by atoms with van der Waals surface area (Å²) in [4.78, 5) is 12.5. The van der Waals surface area contributed by atoms with E-state index in [9.17, 15) is 4.79 Å². The molecular weight excluding hydrogens is 474 g/mol. The van der Waals surface area contributed by atoms with E-state index in [1.165, 1.54) is 17.3 Å². The molecule has 4 rings (SSSR count). The predicted octanol–water partition coefficient (Wildman–Crippen LogP) is 4.76. The number of hydrogen-bond acceptors (Lipinski definition) is 7. The highest BCUT2D eigenvalue weighted by Crippen LogP contribution is 2.29. The number of rotatable bonds is 10. The predicted molar refractivity (Wildman–Crippen MR) is 142 cm³/mol. The monoisotopic (exact) mass is 501 g/mol. The number of aromatic nitrogens is 3. The maximum absolute atomic E-state index is 12.5. The third-order valence-corrected chi connectivity index (χ3v) is 6.36. The van der Waals surface area contributed by atoms with Crippen LogP contribution in [0.25, 0.3) is 17.1 Å². The fourth-order valence-corrected chi connectivity index (χ4v) is 4.18. The Kier molecular flexibility index (Phi) is 8.36. The number of hydrazone groups is 1. The van der Waals surface area contributed by atoms with Gasteiger partial charge >= 0.3 is 0 Å². The van der Waals surface area contributed by atoms with Crippen LogP contribution in [0.4, 0.5) is 0 Å². The quantitative estimate of drug-likeness (QED) is 0.191. The van der Waals surface area contributed by atoms with Gasteiger partial charge in [0.05, 0.1) is 26.2 Å². The lowest BCUT2D eigenvalue weighted by Crippen LogP contribution is -2.20. The van der Waals surface area contributed by atoms with Gasteiger partial charge in [0.15, 0.2) is 11.0 Å². The molecule has 0 atom stereocenters. The number of benzene rings is 3. The molecule has 3 aromatic carbocycles. The smallest absolute Gasteiger partial charge is 0.250 e. The summed E-state index contributed by atoms with van der Waals surface area (Å²) in [6.07, 6.45) is 2.61. The number of carbonyl (C=O) groups excluding carboxylic acids is 1. The molecule has 0 unspecified atom stereocenters. The lowest BCUT2D eigenvalue weighted by Gasteiger charge is -2.11. The summed E-state index contributed by atoms with van der Waals surface area (Å²) < 4.78 is 12.5. The first kappa shape index (κ1) is 25.0. The third kappa shape index (κ3) is 6.11. The van der Waals surface area contributed by atoms with Crippen molar-refractivity contribution in [3.05, 3.63) is 83.9 Å². The van der Waals surface area contributed by atoms with E-state index in [4.69, 9.17) is 9.47 Å². The van der Waals surface area contributed by atoms with Crippen LogP contribution in [0, 0.1) is 0 Å². The topological polar surface area (TPSA) is 90.6 Å². The molecule has 0 fully saturated rings. The average Bonchev–Trinajstić information content (AvgIpc) is 3.36. The normalized spacial score (nSPS) is 11.0. The van der Waals surface area contributed by atoms with Crippen molar-refractivity contribution in [3.8, 4) is 28.6 Å². The number of methoxy groups -OCH3 is 2. The van der Waals surface area contributed by atoms with E-state index in [-0.39, 0.29) is 11.7 Å². The van der Waals surface area contributed by atoms with Crippen molar-refractivity contribution in [1.82, 2.24) is 20.2 Å². The van der Waals surface area contributed by atoms with Crippen LogP contribution in [-0.4, -0.2) is 46.9 Å². The number of thioether (sulfide) groups is 1. The lowest BCUT2D eigenvalue weighted by atomic mass is 10.1. The van der Waals surface area contributed by atoms with Crippen molar-refractivity contribution in [2.75, 3.05) is 20.0 Å². The second kappa shape index (κ2) is 12.0. The van der Waals surface area contributed by atoms with Crippen molar-refractivity contribution in [3.63, 3.8) is 0 Å². The summed E-state index contributed by atoms with van der Waals surface area (Å²) in [6, 6.07) is 23.2. The Balaban J connectivity index is 1.50. The maximum atomic E-state index is 12.5. The largest absolute Gasteiger partial charge is 0.497 e. The molecule has 1 N–H and O–H groups in total. The molecule has 1 heterocycles. The number of nitrogens with one attached hydrogen (secondary N) is 1. The molecule has 1 amide bonds. The Morgan fingerprint density at radius 1 is 0.944 bits per heavy atom. The van der Waals surface area contributed by atoms with Gasteiger partial charge < -0.3 is 9.47 Å². The Bertz CT molecular complexity index is 1320. The molecule has 1 aromatic heterocycles. The number of amides is 1. The first-order chi connectivity index (χ1) is 17.6. The van der Waals surface area contributed by atoms with E-state index in [0.717, 1.165) is 34.7 Å². The Hall–Kier alpha value is -4.11. The lowest BCUT2D eigenvalue weighted by molar-refractivity contribution is -0.118. The minimum Gasteiger partial charge on any atom is -0.497 e. The molecule has 4 aromatic rings. The maximum Gasteiger partial charge on any atom is 0.250 e. The van der Waals surface area contributed by atoms with Crippen molar-refractivity contribution in [2.24, 2.45) is 5.10 Å². The number of carbonyl (C=O) groups is 1. The Labute approximate surface area is 214 Å². The molecule has 36 heavy (non-hydrogen) atoms. The second-order valence-corrected chi connectivity index (χ2v) is 8.69. The van der Waals surface area contributed by atoms with Crippen LogP contribution in [0.2, 0.25) is 0 Å². The molecule has 0 spiro atoms. The highest BCUT2D eigenvalue weighted by molar-refractivity contribution is 7.99. The van der Waals surface area contributed by atoms with E-state index in [1.54, 1.807) is 20.4 Å². The fraction of sp³-hybridized carbons (Fsp3) is 0.185. The van der Waals surface area contributed by atoms with Gasteiger partial charge in [0.2, 0.25) is 0 Å². The van der Waals surface area contributed by atoms with Gasteiger partial charge in [0, 0.05) is 11.3 Å². The van der Waals surface area contributed by atoms with Crippen LogP contribution in [0.15, 0.2) is 83.1 Å². The van der Waals surface area contributed by atoms with Crippen LogP contribution in [0.3, 0.4) is 0 Å². The molecule has 0 saturated carbocycles. The zero-order valence-corrected chi connectivity index (χ0v) is 21.2. The van der Waals surface area contributed by atoms with Crippen LogP contribution >= 0.6 is 11.8 Å². The highest BCUT2D eigenvalue weighted by atomic mass is 32.2. The van der Waals surface area contributed by atoms with Gasteiger partial charge in [-0.05, 0) is 66.1 Å². The number of ether oxygens (including phenoxy) is 2. The molecule has 0 radical (unpaired) electrons. The van der Waals surface area contributed by atoms with Gasteiger partial charge in [0.25, 0.3) is 5.91 Å². The van der Waals surface area contributed by atoms with E-state index in [2.05, 4.69) is 27.6 Å². The first-order valence-corrected chi connectivity index (χ1v) is 12.4. The van der Waals surface area contributed by atoms with Gasteiger partial charge in [0.1, 0.15) is 11.5 Å². The van der Waals surface area contributed by atoms with E-state index >= 15 is 0 Å². The molecule has 0 bridgehead atoms. The van der Waals surface area contributed by atoms with E-state index in [0.29, 0.717) is 11.0 Å². The zero-order chi connectivity index (χ0) is 25.3. The van der Waals surface area contributed by atoms with Crippen LogP contribution in [0.5, 0.6) is 11.5 Å². The van der Waals surface area contributed by atoms with Crippen LogP contribution in [-0.2, 0) is 11.2 Å². The number of aryl methyl sites for hydroxylation is 1. The Morgan fingerprint density at radius 2 is 1.58 bits per heavy atom. The van der Waals surface area contributed by atoms with E-state index in [1.807, 2.05) is 77.4 Å². The Morgan fingerprint density at radius 3 is 2.19 bits per heavy atom. The highest BCUT2D eigenvalue weighted by Gasteiger charge is 2.17. The molecule has 0 aliphatic carbocycles. The molecule has 8 nitrogen and oxygen atoms in total. The summed E-state index contributed by atoms with van der Waals surface area (Å²) in [5.74, 6) is 2.04. The van der Waals surface area contributed by atoms with Crippen molar-refractivity contribution in [1.29, 1.82) is 0 Å². The van der Waals surface area contributed by atoms with Gasteiger partial charge in [-0.15, -0.1) is 10.2 Å². The molecule has 0 saturated heterocycles. The molecule has 0 aliphatic rings. The molecule has 9 heteroatoms. The second-order valence-electron chi connectivity index (χ2n) is 7.75. The van der Waals surface area contributed by atoms with Crippen molar-refractivity contribution < 1.29 is 14.3 Å².